The van der Waals surface area contributed by atoms with E-state index >= 15 is 0 Å². The summed E-state index contributed by atoms with van der Waals surface area (Å²) in [6, 6.07) is 0. The summed E-state index contributed by atoms with van der Waals surface area (Å²) < 4.78 is 5.03. The van der Waals surface area contributed by atoms with Crippen LogP contribution in [0.2, 0.25) is 0 Å². The minimum atomic E-state index is -0.441. The zero-order chi connectivity index (χ0) is 13.6. The third kappa shape index (κ3) is 3.95. The maximum atomic E-state index is 12.1. The van der Waals surface area contributed by atoms with Crippen LogP contribution in [0.15, 0.2) is 0 Å². The first-order valence-electron chi connectivity index (χ1n) is 7.02. The van der Waals surface area contributed by atoms with Crippen molar-refractivity contribution in [2.45, 2.75) is 44.6 Å². The Morgan fingerprint density at radius 1 is 1.50 bits per heavy atom. The molecule has 0 aromatic carbocycles. The summed E-state index contributed by atoms with van der Waals surface area (Å²) in [4.78, 5) is 14.3. The molecule has 0 aliphatic heterocycles. The predicted octanol–water partition coefficient (Wildman–Crippen LogP) is 1.65. The van der Waals surface area contributed by atoms with Crippen molar-refractivity contribution in [3.05, 3.63) is 0 Å². The average molecular weight is 256 g/mol. The molecule has 2 unspecified atom stereocenters. The maximum absolute atomic E-state index is 12.1. The molecule has 0 radical (unpaired) electrons. The monoisotopic (exact) mass is 256 g/mol. The second kappa shape index (κ2) is 7.10. The van der Waals surface area contributed by atoms with E-state index in [4.69, 9.17) is 4.74 Å². The van der Waals surface area contributed by atoms with Gasteiger partial charge in [0.2, 0.25) is 0 Å². The first-order valence-corrected chi connectivity index (χ1v) is 7.02. The number of likely N-dealkylation sites (N-methyl/N-ethyl adjacent to an activating group) is 1. The van der Waals surface area contributed by atoms with Gasteiger partial charge >= 0.3 is 5.97 Å². The van der Waals surface area contributed by atoms with Crippen molar-refractivity contribution < 1.29 is 9.53 Å². The zero-order valence-electron chi connectivity index (χ0n) is 12.3. The first-order chi connectivity index (χ1) is 8.54. The highest BCUT2D eigenvalue weighted by Crippen LogP contribution is 2.35. The molecule has 0 aromatic rings. The summed E-state index contributed by atoms with van der Waals surface area (Å²) in [5.41, 5.74) is -0.441. The minimum Gasteiger partial charge on any atom is -0.468 e. The molecule has 106 valence electrons. The SMILES string of the molecule is CCC1CCCC(NCCN(C)C)(C(=O)OC)C1. The number of carbonyl (C=O) groups is 1. The molecule has 0 aromatic heterocycles. The highest BCUT2D eigenvalue weighted by atomic mass is 16.5. The van der Waals surface area contributed by atoms with Gasteiger partial charge in [0.25, 0.3) is 0 Å². The van der Waals surface area contributed by atoms with Crippen LogP contribution in [0.25, 0.3) is 0 Å². The van der Waals surface area contributed by atoms with Gasteiger partial charge in [-0.05, 0) is 32.9 Å². The van der Waals surface area contributed by atoms with Crippen LogP contribution in [0, 0.1) is 5.92 Å². The minimum absolute atomic E-state index is 0.0839. The number of esters is 1. The lowest BCUT2D eigenvalue weighted by molar-refractivity contribution is -0.151. The Kier molecular flexibility index (Phi) is 6.09. The summed E-state index contributed by atoms with van der Waals surface area (Å²) in [7, 11) is 5.58. The number of nitrogens with zero attached hydrogens (tertiary/aromatic N) is 1. The van der Waals surface area contributed by atoms with Crippen LogP contribution in [0.3, 0.4) is 0 Å². The van der Waals surface area contributed by atoms with Gasteiger partial charge in [-0.25, -0.2) is 0 Å². The molecule has 1 aliphatic rings. The summed E-state index contributed by atoms with van der Waals surface area (Å²) in [6.45, 7) is 3.98. The van der Waals surface area contributed by atoms with Gasteiger partial charge in [-0.1, -0.05) is 26.2 Å². The summed E-state index contributed by atoms with van der Waals surface area (Å²) >= 11 is 0. The van der Waals surface area contributed by atoms with E-state index in [-0.39, 0.29) is 5.97 Å². The third-order valence-electron chi connectivity index (χ3n) is 4.03. The van der Waals surface area contributed by atoms with Crippen LogP contribution in [-0.4, -0.2) is 50.7 Å². The number of ether oxygens (including phenoxy) is 1. The Bertz CT molecular complexity index is 269. The Labute approximate surface area is 111 Å². The van der Waals surface area contributed by atoms with Crippen molar-refractivity contribution in [1.29, 1.82) is 0 Å². The molecular formula is C14H28N2O2. The maximum Gasteiger partial charge on any atom is 0.326 e. The number of hydrogen-bond acceptors (Lipinski definition) is 4. The molecule has 1 aliphatic carbocycles. The largest absolute Gasteiger partial charge is 0.468 e. The quantitative estimate of drug-likeness (QED) is 0.734. The summed E-state index contributed by atoms with van der Waals surface area (Å²) in [5.74, 6) is 0.559. The molecule has 0 amide bonds. The fourth-order valence-electron chi connectivity index (χ4n) is 2.87. The summed E-state index contributed by atoms with van der Waals surface area (Å²) in [6.07, 6.45) is 5.33. The van der Waals surface area contributed by atoms with E-state index in [1.807, 2.05) is 14.1 Å². The van der Waals surface area contributed by atoms with Gasteiger partial charge in [0.1, 0.15) is 5.54 Å². The molecule has 4 nitrogen and oxygen atoms in total. The van der Waals surface area contributed by atoms with Crippen molar-refractivity contribution in [3.8, 4) is 0 Å². The van der Waals surface area contributed by atoms with Crippen LogP contribution in [0.5, 0.6) is 0 Å². The van der Waals surface area contributed by atoms with Crippen LogP contribution in [0.1, 0.15) is 39.0 Å². The van der Waals surface area contributed by atoms with Crippen molar-refractivity contribution >= 4 is 5.97 Å². The van der Waals surface area contributed by atoms with Gasteiger partial charge in [0.05, 0.1) is 7.11 Å². The number of rotatable bonds is 6. The highest BCUT2D eigenvalue weighted by Gasteiger charge is 2.42. The van der Waals surface area contributed by atoms with E-state index in [9.17, 15) is 4.79 Å². The van der Waals surface area contributed by atoms with E-state index in [2.05, 4.69) is 17.1 Å². The number of carbonyl (C=O) groups excluding carboxylic acids is 1. The van der Waals surface area contributed by atoms with E-state index in [0.717, 1.165) is 38.8 Å². The molecule has 2 atom stereocenters. The van der Waals surface area contributed by atoms with Crippen LogP contribution >= 0.6 is 0 Å². The molecule has 18 heavy (non-hydrogen) atoms. The normalized spacial score (nSPS) is 28.4. The van der Waals surface area contributed by atoms with Crippen molar-refractivity contribution in [3.63, 3.8) is 0 Å². The van der Waals surface area contributed by atoms with Gasteiger partial charge in [-0.3, -0.25) is 4.79 Å². The molecule has 1 rings (SSSR count). The molecule has 4 heteroatoms. The van der Waals surface area contributed by atoms with Gasteiger partial charge in [-0.2, -0.15) is 0 Å². The second-order valence-electron chi connectivity index (χ2n) is 5.67. The fourth-order valence-corrected chi connectivity index (χ4v) is 2.87. The van der Waals surface area contributed by atoms with Crippen LogP contribution in [-0.2, 0) is 9.53 Å². The predicted molar refractivity (Wildman–Crippen MR) is 73.6 cm³/mol. The Morgan fingerprint density at radius 2 is 2.22 bits per heavy atom. The number of hydrogen-bond donors (Lipinski definition) is 1. The molecule has 0 saturated heterocycles. The standard InChI is InChI=1S/C14H28N2O2/c1-5-12-7-6-8-14(11-12,13(17)18-4)15-9-10-16(2)3/h12,15H,5-11H2,1-4H3. The Hall–Kier alpha value is -0.610. The molecule has 0 heterocycles. The molecular weight excluding hydrogens is 228 g/mol. The van der Waals surface area contributed by atoms with E-state index in [0.29, 0.717) is 5.92 Å². The third-order valence-corrected chi connectivity index (χ3v) is 4.03. The van der Waals surface area contributed by atoms with E-state index in [1.165, 1.54) is 13.5 Å². The zero-order valence-corrected chi connectivity index (χ0v) is 12.3. The molecule has 1 saturated carbocycles. The highest BCUT2D eigenvalue weighted by molar-refractivity contribution is 5.81. The molecule has 1 N–H and O–H groups in total. The average Bonchev–Trinajstić information content (AvgIpc) is 2.37. The lowest BCUT2D eigenvalue weighted by Crippen LogP contribution is -2.56. The molecule has 0 spiro atoms. The van der Waals surface area contributed by atoms with Crippen LogP contribution < -0.4 is 5.32 Å². The second-order valence-corrected chi connectivity index (χ2v) is 5.67. The van der Waals surface area contributed by atoms with Gasteiger partial charge in [0.15, 0.2) is 0 Å². The summed E-state index contributed by atoms with van der Waals surface area (Å²) in [5, 5.41) is 3.47. The lowest BCUT2D eigenvalue weighted by atomic mass is 9.74. The van der Waals surface area contributed by atoms with Crippen molar-refractivity contribution in [2.75, 3.05) is 34.3 Å². The van der Waals surface area contributed by atoms with Crippen LogP contribution in [0.4, 0.5) is 0 Å². The fraction of sp³-hybridized carbons (Fsp3) is 0.929. The van der Waals surface area contributed by atoms with Crippen molar-refractivity contribution in [1.82, 2.24) is 10.2 Å². The first kappa shape index (κ1) is 15.4. The Balaban J connectivity index is 2.66. The number of methoxy groups -OCH3 is 1. The number of nitrogens with one attached hydrogen (secondary N) is 1. The Morgan fingerprint density at radius 3 is 2.78 bits per heavy atom. The van der Waals surface area contributed by atoms with E-state index < -0.39 is 5.54 Å². The molecule has 0 bridgehead atoms. The molecule has 1 fully saturated rings. The smallest absolute Gasteiger partial charge is 0.326 e. The van der Waals surface area contributed by atoms with Gasteiger partial charge in [0, 0.05) is 13.1 Å². The van der Waals surface area contributed by atoms with Crippen molar-refractivity contribution in [2.24, 2.45) is 5.92 Å². The van der Waals surface area contributed by atoms with Gasteiger partial charge in [-0.15, -0.1) is 0 Å². The topological polar surface area (TPSA) is 41.6 Å². The van der Waals surface area contributed by atoms with Gasteiger partial charge < -0.3 is 15.0 Å². The lowest BCUT2D eigenvalue weighted by Gasteiger charge is -2.39. The van der Waals surface area contributed by atoms with E-state index in [1.54, 1.807) is 0 Å².